The van der Waals surface area contributed by atoms with E-state index in [1.807, 2.05) is 19.1 Å². The summed E-state index contributed by atoms with van der Waals surface area (Å²) >= 11 is 18.0. The number of nitrogens with zero attached hydrogens (tertiary/aromatic N) is 2. The Hall–Kier alpha value is -1.03. The lowest BCUT2D eigenvalue weighted by Crippen LogP contribution is -1.96. The highest BCUT2D eigenvalue weighted by Crippen LogP contribution is 2.35. The molecule has 2 rings (SSSR count). The number of halogens is 3. The van der Waals surface area contributed by atoms with Gasteiger partial charge in [0.15, 0.2) is 16.1 Å². The maximum absolute atomic E-state index is 6.23. The first kappa shape index (κ1) is 15.4. The van der Waals surface area contributed by atoms with Gasteiger partial charge in [-0.15, -0.1) is 10.2 Å². The molecule has 20 heavy (non-hydrogen) atoms. The van der Waals surface area contributed by atoms with Gasteiger partial charge in [0.2, 0.25) is 0 Å². The number of rotatable bonds is 3. The van der Waals surface area contributed by atoms with Gasteiger partial charge in [0.1, 0.15) is 5.75 Å². The van der Waals surface area contributed by atoms with Crippen molar-refractivity contribution in [2.24, 2.45) is 0 Å². The second-order valence-corrected chi connectivity index (χ2v) is 5.87. The molecule has 0 aliphatic heterocycles. The average molecular weight is 332 g/mol. The van der Waals surface area contributed by atoms with E-state index < -0.39 is 0 Å². The molecule has 2 aromatic rings. The van der Waals surface area contributed by atoms with E-state index in [1.54, 1.807) is 0 Å². The van der Waals surface area contributed by atoms with Crippen molar-refractivity contribution in [2.75, 3.05) is 0 Å². The number of hydrogen-bond donors (Lipinski definition) is 0. The lowest BCUT2D eigenvalue weighted by atomic mass is 10.0. The average Bonchev–Trinajstić information content (AvgIpc) is 2.36. The molecule has 0 unspecified atom stereocenters. The van der Waals surface area contributed by atoms with E-state index in [0.29, 0.717) is 17.4 Å². The Bertz CT molecular complexity index is 645. The van der Waals surface area contributed by atoms with Crippen molar-refractivity contribution < 1.29 is 4.74 Å². The molecular weight excluding hydrogens is 319 g/mol. The van der Waals surface area contributed by atoms with Gasteiger partial charge in [-0.05, 0) is 36.1 Å². The molecule has 0 N–H and O–H groups in total. The Kier molecular flexibility index (Phi) is 4.74. The highest BCUT2D eigenvalue weighted by atomic mass is 35.5. The molecule has 0 saturated heterocycles. The van der Waals surface area contributed by atoms with Crippen LogP contribution in [0.1, 0.15) is 30.9 Å². The molecule has 0 atom stereocenters. The normalized spacial score (nSPS) is 10.9. The Balaban J connectivity index is 2.43. The number of aryl methyl sites for hydroxylation is 1. The smallest absolute Gasteiger partial charge is 0.194 e. The highest BCUT2D eigenvalue weighted by Gasteiger charge is 2.13. The Morgan fingerprint density at radius 3 is 2.35 bits per heavy atom. The van der Waals surface area contributed by atoms with Gasteiger partial charge < -0.3 is 4.74 Å². The lowest BCUT2D eigenvalue weighted by molar-refractivity contribution is 0.474. The maximum Gasteiger partial charge on any atom is 0.194 e. The van der Waals surface area contributed by atoms with Crippen molar-refractivity contribution in [2.45, 2.75) is 26.7 Å². The Labute approximate surface area is 132 Å². The van der Waals surface area contributed by atoms with Crippen molar-refractivity contribution in [3.05, 3.63) is 44.7 Å². The van der Waals surface area contributed by atoms with Crippen LogP contribution in [0.5, 0.6) is 11.5 Å². The van der Waals surface area contributed by atoms with Crippen LogP contribution in [0.25, 0.3) is 0 Å². The number of aromatic nitrogens is 2. The molecule has 1 heterocycles. The summed E-state index contributed by atoms with van der Waals surface area (Å²) in [5.41, 5.74) is 1.92. The van der Waals surface area contributed by atoms with Gasteiger partial charge >= 0.3 is 0 Å². The summed E-state index contributed by atoms with van der Waals surface area (Å²) in [6, 6.07) is 5.31. The van der Waals surface area contributed by atoms with Gasteiger partial charge in [-0.1, -0.05) is 48.7 Å². The van der Waals surface area contributed by atoms with E-state index in [2.05, 4.69) is 24.0 Å². The molecule has 0 fully saturated rings. The SMILES string of the molecule is Cc1cc(Cl)c(C(C)C)cc1Oc1cc(Cl)nnc1Cl. The first-order chi connectivity index (χ1) is 9.38. The second-order valence-electron chi connectivity index (χ2n) is 4.72. The molecule has 0 radical (unpaired) electrons. The van der Waals surface area contributed by atoms with Crippen LogP contribution in [0.3, 0.4) is 0 Å². The van der Waals surface area contributed by atoms with E-state index in [9.17, 15) is 0 Å². The fraction of sp³-hybridized carbons (Fsp3) is 0.286. The zero-order valence-electron chi connectivity index (χ0n) is 11.2. The summed E-state index contributed by atoms with van der Waals surface area (Å²) in [5.74, 6) is 1.33. The fourth-order valence-corrected chi connectivity index (χ4v) is 2.45. The van der Waals surface area contributed by atoms with Gasteiger partial charge in [-0.3, -0.25) is 0 Å². The first-order valence-electron chi connectivity index (χ1n) is 6.05. The summed E-state index contributed by atoms with van der Waals surface area (Å²) in [5, 5.41) is 8.47. The maximum atomic E-state index is 6.23. The van der Waals surface area contributed by atoms with Crippen molar-refractivity contribution in [1.82, 2.24) is 10.2 Å². The van der Waals surface area contributed by atoms with Gasteiger partial charge in [0.25, 0.3) is 0 Å². The summed E-state index contributed by atoms with van der Waals surface area (Å²) in [4.78, 5) is 0. The quantitative estimate of drug-likeness (QED) is 0.727. The van der Waals surface area contributed by atoms with Gasteiger partial charge in [0.05, 0.1) is 0 Å². The van der Waals surface area contributed by atoms with E-state index in [4.69, 9.17) is 39.5 Å². The molecule has 0 amide bonds. The molecule has 6 heteroatoms. The monoisotopic (exact) mass is 330 g/mol. The summed E-state index contributed by atoms with van der Waals surface area (Å²) < 4.78 is 5.79. The van der Waals surface area contributed by atoms with E-state index in [0.717, 1.165) is 16.1 Å². The molecule has 1 aromatic carbocycles. The second kappa shape index (κ2) is 6.17. The van der Waals surface area contributed by atoms with Crippen LogP contribution in [0.4, 0.5) is 0 Å². The minimum Gasteiger partial charge on any atom is -0.454 e. The van der Waals surface area contributed by atoms with Gasteiger partial charge in [-0.25, -0.2) is 0 Å². The molecule has 0 bridgehead atoms. The molecule has 3 nitrogen and oxygen atoms in total. The Morgan fingerprint density at radius 2 is 1.70 bits per heavy atom. The van der Waals surface area contributed by atoms with Crippen molar-refractivity contribution >= 4 is 34.8 Å². The largest absolute Gasteiger partial charge is 0.454 e. The predicted octanol–water partition coefficient (Wildman–Crippen LogP) is 5.66. The molecule has 106 valence electrons. The minimum atomic E-state index is 0.162. The minimum absolute atomic E-state index is 0.162. The number of ether oxygens (including phenoxy) is 1. The molecule has 0 aliphatic rings. The zero-order valence-corrected chi connectivity index (χ0v) is 13.5. The van der Waals surface area contributed by atoms with Crippen LogP contribution in [-0.4, -0.2) is 10.2 Å². The lowest BCUT2D eigenvalue weighted by Gasteiger charge is -2.14. The van der Waals surface area contributed by atoms with Crippen molar-refractivity contribution in [3.8, 4) is 11.5 Å². The van der Waals surface area contributed by atoms with E-state index in [-0.39, 0.29) is 10.3 Å². The highest BCUT2D eigenvalue weighted by molar-refractivity contribution is 6.32. The predicted molar refractivity (Wildman–Crippen MR) is 82.4 cm³/mol. The molecule has 0 saturated carbocycles. The first-order valence-corrected chi connectivity index (χ1v) is 7.18. The molecular formula is C14H13Cl3N2O. The van der Waals surface area contributed by atoms with Crippen molar-refractivity contribution in [1.29, 1.82) is 0 Å². The van der Waals surface area contributed by atoms with E-state index >= 15 is 0 Å². The topological polar surface area (TPSA) is 35.0 Å². The van der Waals surface area contributed by atoms with Crippen LogP contribution >= 0.6 is 34.8 Å². The van der Waals surface area contributed by atoms with Crippen molar-refractivity contribution in [3.63, 3.8) is 0 Å². The van der Waals surface area contributed by atoms with E-state index in [1.165, 1.54) is 6.07 Å². The van der Waals surface area contributed by atoms with Crippen LogP contribution in [0.2, 0.25) is 15.3 Å². The third-order valence-electron chi connectivity index (χ3n) is 2.82. The summed E-state index contributed by atoms with van der Waals surface area (Å²) in [6.07, 6.45) is 0. The van der Waals surface area contributed by atoms with Crippen LogP contribution in [0.15, 0.2) is 18.2 Å². The van der Waals surface area contributed by atoms with Crippen LogP contribution in [0, 0.1) is 6.92 Å². The van der Waals surface area contributed by atoms with Crippen LogP contribution < -0.4 is 4.74 Å². The fourth-order valence-electron chi connectivity index (χ4n) is 1.75. The van der Waals surface area contributed by atoms with Gasteiger partial charge in [-0.2, -0.15) is 0 Å². The Morgan fingerprint density at radius 1 is 1.00 bits per heavy atom. The zero-order chi connectivity index (χ0) is 14.9. The van der Waals surface area contributed by atoms with Gasteiger partial charge in [0, 0.05) is 11.1 Å². The molecule has 0 aliphatic carbocycles. The summed E-state index contributed by atoms with van der Waals surface area (Å²) in [7, 11) is 0. The summed E-state index contributed by atoms with van der Waals surface area (Å²) in [6.45, 7) is 6.05. The molecule has 1 aromatic heterocycles. The third-order valence-corrected chi connectivity index (χ3v) is 3.60. The third kappa shape index (κ3) is 3.35. The number of benzene rings is 1. The number of hydrogen-bond acceptors (Lipinski definition) is 3. The van der Waals surface area contributed by atoms with Crippen LogP contribution in [-0.2, 0) is 0 Å². The molecule has 0 spiro atoms. The standard InChI is InChI=1S/C14H13Cl3N2O/c1-7(2)9-5-11(8(3)4-10(9)15)20-12-6-13(16)18-19-14(12)17/h4-7H,1-3H3.